The first kappa shape index (κ1) is 15.4. The second-order valence-corrected chi connectivity index (χ2v) is 6.76. The summed E-state index contributed by atoms with van der Waals surface area (Å²) in [4.78, 5) is 8.87. The van der Waals surface area contributed by atoms with Crippen LogP contribution in [0.25, 0.3) is 10.9 Å². The van der Waals surface area contributed by atoms with E-state index in [0.717, 1.165) is 44.5 Å². The highest BCUT2D eigenvalue weighted by molar-refractivity contribution is 5.81. The fourth-order valence-electron chi connectivity index (χ4n) is 3.60. The number of β-amino-alcohol motifs (C(OH)–C–C–N with tert-alkyl or cyclic N) is 1. The highest BCUT2D eigenvalue weighted by Crippen LogP contribution is 2.25. The third-order valence-corrected chi connectivity index (χ3v) is 4.37. The maximum Gasteiger partial charge on any atom is 0.0900 e. The van der Waals surface area contributed by atoms with E-state index in [9.17, 15) is 5.11 Å². The first-order valence-corrected chi connectivity index (χ1v) is 7.98. The normalized spacial score (nSPS) is 23.3. The maximum atomic E-state index is 10.8. The fraction of sp³-hybridized carbons (Fsp3) is 0.500. The lowest BCUT2D eigenvalue weighted by molar-refractivity contribution is -0.0479. The third-order valence-electron chi connectivity index (χ3n) is 4.37. The van der Waals surface area contributed by atoms with Crippen molar-refractivity contribution >= 4 is 10.9 Å². The van der Waals surface area contributed by atoms with Crippen molar-refractivity contribution in [3.63, 3.8) is 0 Å². The molecule has 1 N–H and O–H groups in total. The summed E-state index contributed by atoms with van der Waals surface area (Å²) in [6, 6.07) is 10.4. The molecule has 1 unspecified atom stereocenters. The van der Waals surface area contributed by atoms with Gasteiger partial charge in [-0.25, -0.2) is 0 Å². The standard InChI is InChI=1S/C18H25N3O/c1-20(2)13-18(22)9-5-11-21(14-18)12-15-6-3-8-17-16(15)7-4-10-19-17/h3-4,6-8,10,22H,5,9,11-14H2,1-2H3. The summed E-state index contributed by atoms with van der Waals surface area (Å²) >= 11 is 0. The predicted octanol–water partition coefficient (Wildman–Crippen LogP) is 2.12. The monoisotopic (exact) mass is 299 g/mol. The number of likely N-dealkylation sites (N-methyl/N-ethyl adjacent to an activating group) is 1. The van der Waals surface area contributed by atoms with Crippen LogP contribution in [0.4, 0.5) is 0 Å². The van der Waals surface area contributed by atoms with E-state index in [-0.39, 0.29) is 0 Å². The minimum absolute atomic E-state index is 0.593. The van der Waals surface area contributed by atoms with Gasteiger partial charge in [-0.3, -0.25) is 9.88 Å². The van der Waals surface area contributed by atoms with Crippen LogP contribution in [0.1, 0.15) is 18.4 Å². The summed E-state index contributed by atoms with van der Waals surface area (Å²) in [5, 5.41) is 12.0. The number of aromatic nitrogens is 1. The number of rotatable bonds is 4. The number of pyridine rings is 1. The predicted molar refractivity (Wildman–Crippen MR) is 89.8 cm³/mol. The first-order valence-electron chi connectivity index (χ1n) is 7.98. The molecule has 2 heterocycles. The molecule has 0 amide bonds. The highest BCUT2D eigenvalue weighted by Gasteiger charge is 2.33. The Labute approximate surface area is 132 Å². The zero-order chi connectivity index (χ0) is 15.6. The zero-order valence-corrected chi connectivity index (χ0v) is 13.5. The SMILES string of the molecule is CN(C)CC1(O)CCCN(Cc2cccc3ncccc23)C1. The van der Waals surface area contributed by atoms with E-state index in [1.54, 1.807) is 0 Å². The lowest BCUT2D eigenvalue weighted by atomic mass is 9.92. The van der Waals surface area contributed by atoms with Crippen molar-refractivity contribution in [1.82, 2.24) is 14.8 Å². The quantitative estimate of drug-likeness (QED) is 0.939. The van der Waals surface area contributed by atoms with Crippen molar-refractivity contribution in [2.45, 2.75) is 25.0 Å². The molecule has 1 aromatic heterocycles. The van der Waals surface area contributed by atoms with E-state index < -0.39 is 5.60 Å². The largest absolute Gasteiger partial charge is 0.387 e. The molecule has 2 aromatic rings. The lowest BCUT2D eigenvalue weighted by Gasteiger charge is -2.40. The van der Waals surface area contributed by atoms with Crippen LogP contribution >= 0.6 is 0 Å². The van der Waals surface area contributed by atoms with Gasteiger partial charge in [-0.2, -0.15) is 0 Å². The van der Waals surface area contributed by atoms with Gasteiger partial charge in [0.05, 0.1) is 11.1 Å². The van der Waals surface area contributed by atoms with E-state index in [0.29, 0.717) is 0 Å². The molecule has 3 rings (SSSR count). The Kier molecular flexibility index (Phi) is 4.43. The summed E-state index contributed by atoms with van der Waals surface area (Å²) in [7, 11) is 4.04. The Morgan fingerprint density at radius 1 is 1.27 bits per heavy atom. The van der Waals surface area contributed by atoms with Gasteiger partial charge in [-0.05, 0) is 51.2 Å². The van der Waals surface area contributed by atoms with Gasteiger partial charge in [0.2, 0.25) is 0 Å². The van der Waals surface area contributed by atoms with E-state index in [4.69, 9.17) is 0 Å². The van der Waals surface area contributed by atoms with Crippen LogP contribution in [0.3, 0.4) is 0 Å². The molecule has 0 aliphatic carbocycles. The van der Waals surface area contributed by atoms with Crippen LogP contribution in [-0.2, 0) is 6.54 Å². The molecule has 1 aliphatic heterocycles. The molecular weight excluding hydrogens is 274 g/mol. The summed E-state index contributed by atoms with van der Waals surface area (Å²) in [5.74, 6) is 0. The maximum absolute atomic E-state index is 10.8. The highest BCUT2D eigenvalue weighted by atomic mass is 16.3. The minimum atomic E-state index is -0.593. The van der Waals surface area contributed by atoms with Crippen LogP contribution < -0.4 is 0 Å². The Bertz CT molecular complexity index is 638. The molecule has 0 radical (unpaired) electrons. The van der Waals surface area contributed by atoms with Gasteiger partial charge in [0.25, 0.3) is 0 Å². The van der Waals surface area contributed by atoms with Gasteiger partial charge in [0, 0.05) is 31.2 Å². The van der Waals surface area contributed by atoms with E-state index >= 15 is 0 Å². The number of likely N-dealkylation sites (tertiary alicyclic amines) is 1. The van der Waals surface area contributed by atoms with Crippen LogP contribution in [-0.4, -0.2) is 59.2 Å². The number of hydrogen-bond acceptors (Lipinski definition) is 4. The van der Waals surface area contributed by atoms with Gasteiger partial charge in [-0.15, -0.1) is 0 Å². The molecule has 4 heteroatoms. The number of hydrogen-bond donors (Lipinski definition) is 1. The third kappa shape index (κ3) is 3.46. The van der Waals surface area contributed by atoms with Gasteiger partial charge < -0.3 is 10.0 Å². The van der Waals surface area contributed by atoms with Crippen molar-refractivity contribution in [3.8, 4) is 0 Å². The summed E-state index contributed by atoms with van der Waals surface area (Å²) in [5.41, 5.74) is 1.74. The van der Waals surface area contributed by atoms with Gasteiger partial charge >= 0.3 is 0 Å². The molecule has 22 heavy (non-hydrogen) atoms. The van der Waals surface area contributed by atoms with Crippen molar-refractivity contribution in [2.75, 3.05) is 33.7 Å². The second kappa shape index (κ2) is 6.32. The zero-order valence-electron chi connectivity index (χ0n) is 13.5. The molecule has 1 aliphatic rings. The number of aliphatic hydroxyl groups is 1. The smallest absolute Gasteiger partial charge is 0.0900 e. The molecule has 4 nitrogen and oxygen atoms in total. The van der Waals surface area contributed by atoms with Crippen molar-refractivity contribution < 1.29 is 5.11 Å². The lowest BCUT2D eigenvalue weighted by Crippen LogP contribution is -2.52. The van der Waals surface area contributed by atoms with Gasteiger partial charge in [0.1, 0.15) is 0 Å². The van der Waals surface area contributed by atoms with E-state index in [1.807, 2.05) is 26.4 Å². The van der Waals surface area contributed by atoms with Gasteiger partial charge in [0.15, 0.2) is 0 Å². The summed E-state index contributed by atoms with van der Waals surface area (Å²) < 4.78 is 0. The molecule has 0 saturated carbocycles. The van der Waals surface area contributed by atoms with Crippen molar-refractivity contribution in [2.24, 2.45) is 0 Å². The summed E-state index contributed by atoms with van der Waals surface area (Å²) in [6.07, 6.45) is 3.77. The Hall–Kier alpha value is -1.49. The Morgan fingerprint density at radius 2 is 2.14 bits per heavy atom. The first-order chi connectivity index (χ1) is 10.6. The van der Waals surface area contributed by atoms with Crippen molar-refractivity contribution in [3.05, 3.63) is 42.1 Å². The number of benzene rings is 1. The average Bonchev–Trinajstić information content (AvgIpc) is 2.46. The summed E-state index contributed by atoms with van der Waals surface area (Å²) in [6.45, 7) is 3.38. The number of piperidine rings is 1. The molecule has 118 valence electrons. The number of fused-ring (bicyclic) bond motifs is 1. The van der Waals surface area contributed by atoms with Crippen LogP contribution in [0.2, 0.25) is 0 Å². The molecule has 1 atom stereocenters. The van der Waals surface area contributed by atoms with E-state index in [2.05, 4.69) is 39.0 Å². The Morgan fingerprint density at radius 3 is 2.95 bits per heavy atom. The Balaban J connectivity index is 1.77. The molecule has 0 bridgehead atoms. The van der Waals surface area contributed by atoms with Crippen LogP contribution in [0, 0.1) is 0 Å². The second-order valence-electron chi connectivity index (χ2n) is 6.76. The topological polar surface area (TPSA) is 39.6 Å². The molecular formula is C18H25N3O. The minimum Gasteiger partial charge on any atom is -0.387 e. The molecule has 1 aromatic carbocycles. The van der Waals surface area contributed by atoms with Crippen LogP contribution in [0.5, 0.6) is 0 Å². The van der Waals surface area contributed by atoms with Crippen molar-refractivity contribution in [1.29, 1.82) is 0 Å². The fourth-order valence-corrected chi connectivity index (χ4v) is 3.60. The molecule has 0 spiro atoms. The average molecular weight is 299 g/mol. The number of nitrogens with zero attached hydrogens (tertiary/aromatic N) is 3. The molecule has 1 saturated heterocycles. The van der Waals surface area contributed by atoms with Crippen LogP contribution in [0.15, 0.2) is 36.5 Å². The molecule has 1 fully saturated rings. The van der Waals surface area contributed by atoms with Gasteiger partial charge in [-0.1, -0.05) is 18.2 Å². The van der Waals surface area contributed by atoms with E-state index in [1.165, 1.54) is 10.9 Å².